The zero-order valence-corrected chi connectivity index (χ0v) is 12.2. The van der Waals surface area contributed by atoms with Gasteiger partial charge < -0.3 is 9.73 Å². The Kier molecular flexibility index (Phi) is 4.14. The van der Waals surface area contributed by atoms with Gasteiger partial charge in [0.2, 0.25) is 0 Å². The second-order valence-corrected chi connectivity index (χ2v) is 6.80. The molecule has 2 aromatic rings. The first kappa shape index (κ1) is 13.1. The van der Waals surface area contributed by atoms with Gasteiger partial charge in [-0.15, -0.1) is 0 Å². The van der Waals surface area contributed by atoms with E-state index in [1.807, 2.05) is 12.1 Å². The number of fused-ring (bicyclic) bond motifs is 1. The lowest BCUT2D eigenvalue weighted by Gasteiger charge is -2.11. The molecule has 2 nitrogen and oxygen atoms in total. The molecule has 0 radical (unpaired) electrons. The van der Waals surface area contributed by atoms with Gasteiger partial charge in [-0.1, -0.05) is 25.1 Å². The van der Waals surface area contributed by atoms with Crippen molar-refractivity contribution in [3.8, 4) is 0 Å². The summed E-state index contributed by atoms with van der Waals surface area (Å²) < 4.78 is 5.83. The van der Waals surface area contributed by atoms with Gasteiger partial charge in [-0.25, -0.2) is 0 Å². The Balaban J connectivity index is 1.55. The molecule has 0 amide bonds. The normalized spacial score (nSPS) is 23.2. The monoisotopic (exact) mass is 275 g/mol. The van der Waals surface area contributed by atoms with Crippen molar-refractivity contribution >= 4 is 22.7 Å². The largest absolute Gasteiger partial charge is 0.460 e. The fourth-order valence-electron chi connectivity index (χ4n) is 2.88. The molecule has 0 saturated heterocycles. The molecule has 2 unspecified atom stereocenters. The zero-order valence-electron chi connectivity index (χ0n) is 11.4. The van der Waals surface area contributed by atoms with Crippen molar-refractivity contribution in [1.29, 1.82) is 0 Å². The van der Waals surface area contributed by atoms with E-state index >= 15 is 0 Å². The minimum atomic E-state index is 0.664. The first-order chi connectivity index (χ1) is 9.35. The van der Waals surface area contributed by atoms with Crippen molar-refractivity contribution in [2.24, 2.45) is 0 Å². The van der Waals surface area contributed by atoms with Crippen molar-refractivity contribution in [3.05, 3.63) is 36.1 Å². The predicted octanol–water partition coefficient (Wildman–Crippen LogP) is 4.20. The highest BCUT2D eigenvalue weighted by Crippen LogP contribution is 2.30. The first-order valence-electron chi connectivity index (χ1n) is 7.17. The molecule has 1 saturated carbocycles. The van der Waals surface area contributed by atoms with E-state index in [2.05, 4.69) is 42.2 Å². The van der Waals surface area contributed by atoms with Gasteiger partial charge in [0.15, 0.2) is 0 Å². The summed E-state index contributed by atoms with van der Waals surface area (Å²) in [5.41, 5.74) is 0.991. The van der Waals surface area contributed by atoms with Crippen molar-refractivity contribution in [3.63, 3.8) is 0 Å². The average molecular weight is 275 g/mol. The molecule has 1 aliphatic carbocycles. The lowest BCUT2D eigenvalue weighted by Crippen LogP contribution is -2.25. The quantitative estimate of drug-likeness (QED) is 0.885. The average Bonchev–Trinajstić information content (AvgIpc) is 3.02. The summed E-state index contributed by atoms with van der Waals surface area (Å²) in [5, 5.41) is 5.70. The number of thioether (sulfide) groups is 1. The number of nitrogens with one attached hydrogen (secondary N) is 1. The third-order valence-corrected chi connectivity index (χ3v) is 5.06. The highest BCUT2D eigenvalue weighted by Gasteiger charge is 2.24. The molecule has 0 aliphatic heterocycles. The maximum Gasteiger partial charge on any atom is 0.134 e. The Bertz CT molecular complexity index is 503. The third-order valence-electron chi connectivity index (χ3n) is 3.83. The molecule has 2 atom stereocenters. The van der Waals surface area contributed by atoms with Gasteiger partial charge in [0.05, 0.1) is 6.54 Å². The number of furan rings is 1. The van der Waals surface area contributed by atoms with Crippen LogP contribution in [0.1, 0.15) is 31.9 Å². The van der Waals surface area contributed by atoms with Gasteiger partial charge in [-0.05, 0) is 37.1 Å². The van der Waals surface area contributed by atoms with E-state index < -0.39 is 0 Å². The molecule has 1 heterocycles. The van der Waals surface area contributed by atoms with E-state index in [0.717, 1.165) is 23.1 Å². The fraction of sp³-hybridized carbons (Fsp3) is 0.500. The molecule has 1 fully saturated rings. The minimum Gasteiger partial charge on any atom is -0.460 e. The van der Waals surface area contributed by atoms with Gasteiger partial charge in [0.25, 0.3) is 0 Å². The predicted molar refractivity (Wildman–Crippen MR) is 82.6 cm³/mol. The molecule has 1 N–H and O–H groups in total. The number of hydrogen-bond acceptors (Lipinski definition) is 3. The Morgan fingerprint density at radius 3 is 3.05 bits per heavy atom. The fourth-order valence-corrected chi connectivity index (χ4v) is 4.02. The highest BCUT2D eigenvalue weighted by atomic mass is 32.2. The van der Waals surface area contributed by atoms with Crippen LogP contribution in [-0.2, 0) is 6.54 Å². The van der Waals surface area contributed by atoms with Gasteiger partial charge in [-0.2, -0.15) is 11.8 Å². The van der Waals surface area contributed by atoms with Crippen molar-refractivity contribution in [1.82, 2.24) is 5.32 Å². The van der Waals surface area contributed by atoms with Crippen molar-refractivity contribution in [2.45, 2.75) is 44.0 Å². The Morgan fingerprint density at radius 2 is 2.21 bits per heavy atom. The lowest BCUT2D eigenvalue weighted by atomic mass is 10.2. The van der Waals surface area contributed by atoms with Crippen LogP contribution in [0.5, 0.6) is 0 Å². The number of benzene rings is 1. The molecular weight excluding hydrogens is 254 g/mol. The summed E-state index contributed by atoms with van der Waals surface area (Å²) >= 11 is 2.10. The summed E-state index contributed by atoms with van der Waals surface area (Å²) in [4.78, 5) is 0. The number of para-hydroxylation sites is 1. The van der Waals surface area contributed by atoms with Gasteiger partial charge in [-0.3, -0.25) is 0 Å². The lowest BCUT2D eigenvalue weighted by molar-refractivity contribution is 0.463. The molecule has 1 aromatic carbocycles. The van der Waals surface area contributed by atoms with E-state index in [1.54, 1.807) is 0 Å². The van der Waals surface area contributed by atoms with Gasteiger partial charge >= 0.3 is 0 Å². The van der Waals surface area contributed by atoms with E-state index in [0.29, 0.717) is 6.04 Å². The van der Waals surface area contributed by atoms with Gasteiger partial charge in [0, 0.05) is 16.7 Å². The third kappa shape index (κ3) is 3.15. The minimum absolute atomic E-state index is 0.664. The van der Waals surface area contributed by atoms with Crippen LogP contribution in [0.4, 0.5) is 0 Å². The highest BCUT2D eigenvalue weighted by molar-refractivity contribution is 7.99. The first-order valence-corrected chi connectivity index (χ1v) is 8.22. The molecule has 3 rings (SSSR count). The topological polar surface area (TPSA) is 25.2 Å². The SMILES string of the molecule is CCSC1CCC(NCc2cc3ccccc3o2)C1. The van der Waals surface area contributed by atoms with Crippen LogP contribution in [0.2, 0.25) is 0 Å². The van der Waals surface area contributed by atoms with Crippen LogP contribution in [0, 0.1) is 0 Å². The maximum atomic E-state index is 5.83. The maximum absolute atomic E-state index is 5.83. The van der Waals surface area contributed by atoms with Crippen LogP contribution in [0.15, 0.2) is 34.7 Å². The van der Waals surface area contributed by atoms with Crippen molar-refractivity contribution < 1.29 is 4.42 Å². The van der Waals surface area contributed by atoms with Crippen LogP contribution in [-0.4, -0.2) is 17.0 Å². The van der Waals surface area contributed by atoms with Crippen LogP contribution in [0.25, 0.3) is 11.0 Å². The molecule has 0 spiro atoms. The molecule has 1 aromatic heterocycles. The van der Waals surface area contributed by atoms with Crippen LogP contribution >= 0.6 is 11.8 Å². The van der Waals surface area contributed by atoms with Crippen molar-refractivity contribution in [2.75, 3.05) is 5.75 Å². The zero-order chi connectivity index (χ0) is 13.1. The molecule has 102 valence electrons. The molecule has 19 heavy (non-hydrogen) atoms. The second-order valence-electron chi connectivity index (χ2n) is 5.22. The van der Waals surface area contributed by atoms with Gasteiger partial charge in [0.1, 0.15) is 11.3 Å². The molecular formula is C16H21NOS. The van der Waals surface area contributed by atoms with E-state index in [1.165, 1.54) is 30.4 Å². The number of hydrogen-bond donors (Lipinski definition) is 1. The molecule has 1 aliphatic rings. The smallest absolute Gasteiger partial charge is 0.134 e. The molecule has 3 heteroatoms. The summed E-state index contributed by atoms with van der Waals surface area (Å²) in [6, 6.07) is 11.0. The van der Waals surface area contributed by atoms with Crippen LogP contribution < -0.4 is 5.32 Å². The van der Waals surface area contributed by atoms with E-state index in [9.17, 15) is 0 Å². The Labute approximate surface area is 118 Å². The second kappa shape index (κ2) is 6.02. The molecule has 0 bridgehead atoms. The Morgan fingerprint density at radius 1 is 1.32 bits per heavy atom. The Hall–Kier alpha value is -0.930. The summed E-state index contributed by atoms with van der Waals surface area (Å²) in [6.45, 7) is 3.10. The van der Waals surface area contributed by atoms with Crippen LogP contribution in [0.3, 0.4) is 0 Å². The summed E-state index contributed by atoms with van der Waals surface area (Å²) in [5.74, 6) is 2.29. The van der Waals surface area contributed by atoms with E-state index in [-0.39, 0.29) is 0 Å². The summed E-state index contributed by atoms with van der Waals surface area (Å²) in [6.07, 6.45) is 3.97. The summed E-state index contributed by atoms with van der Waals surface area (Å²) in [7, 11) is 0. The standard InChI is InChI=1S/C16H21NOS/c1-2-19-15-8-7-13(10-15)17-11-14-9-12-5-3-4-6-16(12)18-14/h3-6,9,13,15,17H,2,7-8,10-11H2,1H3. The number of rotatable bonds is 5. The van der Waals surface area contributed by atoms with E-state index in [4.69, 9.17) is 4.42 Å².